The van der Waals surface area contributed by atoms with E-state index in [0.717, 1.165) is 12.1 Å². The van der Waals surface area contributed by atoms with Gasteiger partial charge in [-0.25, -0.2) is 4.98 Å². The van der Waals surface area contributed by atoms with Crippen LogP contribution in [0.25, 0.3) is 0 Å². The van der Waals surface area contributed by atoms with Crippen LogP contribution in [0, 0.1) is 0 Å². The third-order valence-corrected chi connectivity index (χ3v) is 1.69. The molecule has 3 heteroatoms. The van der Waals surface area contributed by atoms with Crippen molar-refractivity contribution in [1.82, 2.24) is 9.55 Å². The Kier molecular flexibility index (Phi) is 1.81. The Bertz CT molecular complexity index is 263. The van der Waals surface area contributed by atoms with Crippen LogP contribution in [0.2, 0.25) is 0 Å². The zero-order valence-corrected chi connectivity index (χ0v) is 7.03. The summed E-state index contributed by atoms with van der Waals surface area (Å²) in [5, 5.41) is 0. The standard InChI is InChI=1S/C8H12N2O/c1-8(2,6-11)7-9-4-5-10(7)3/h4-6H,1-3H3. The first-order valence-corrected chi connectivity index (χ1v) is 3.52. The summed E-state index contributed by atoms with van der Waals surface area (Å²) in [5.41, 5.74) is -0.474. The van der Waals surface area contributed by atoms with Crippen molar-refractivity contribution in [2.75, 3.05) is 0 Å². The van der Waals surface area contributed by atoms with Crippen LogP contribution in [0.4, 0.5) is 0 Å². The number of nitrogens with zero attached hydrogens (tertiary/aromatic N) is 2. The SMILES string of the molecule is Cn1ccnc1C(C)(C)C=O. The lowest BCUT2D eigenvalue weighted by atomic mass is 9.95. The molecule has 1 rings (SSSR count). The van der Waals surface area contributed by atoms with Crippen LogP contribution in [0.1, 0.15) is 19.7 Å². The molecule has 0 aliphatic carbocycles. The predicted octanol–water partition coefficient (Wildman–Crippen LogP) is 0.897. The number of hydrogen-bond donors (Lipinski definition) is 0. The minimum Gasteiger partial charge on any atom is -0.337 e. The van der Waals surface area contributed by atoms with Crippen LogP contribution < -0.4 is 0 Å². The fraction of sp³-hybridized carbons (Fsp3) is 0.500. The Hall–Kier alpha value is -1.12. The van der Waals surface area contributed by atoms with Crippen molar-refractivity contribution in [2.24, 2.45) is 7.05 Å². The van der Waals surface area contributed by atoms with E-state index in [1.165, 1.54) is 0 Å². The maximum Gasteiger partial charge on any atom is 0.133 e. The van der Waals surface area contributed by atoms with E-state index in [-0.39, 0.29) is 0 Å². The fourth-order valence-corrected chi connectivity index (χ4v) is 1.04. The van der Waals surface area contributed by atoms with Crippen molar-refractivity contribution >= 4 is 6.29 Å². The molecule has 0 saturated carbocycles. The van der Waals surface area contributed by atoms with Gasteiger partial charge in [0.25, 0.3) is 0 Å². The van der Waals surface area contributed by atoms with Gasteiger partial charge in [0.05, 0.1) is 5.41 Å². The smallest absolute Gasteiger partial charge is 0.133 e. The first-order valence-electron chi connectivity index (χ1n) is 3.52. The number of aldehydes is 1. The monoisotopic (exact) mass is 152 g/mol. The van der Waals surface area contributed by atoms with Crippen molar-refractivity contribution in [3.05, 3.63) is 18.2 Å². The molecular weight excluding hydrogens is 140 g/mol. The van der Waals surface area contributed by atoms with Crippen LogP contribution >= 0.6 is 0 Å². The molecule has 0 aliphatic heterocycles. The molecule has 0 bridgehead atoms. The average molecular weight is 152 g/mol. The van der Waals surface area contributed by atoms with Gasteiger partial charge >= 0.3 is 0 Å². The van der Waals surface area contributed by atoms with Crippen LogP contribution in [0.3, 0.4) is 0 Å². The van der Waals surface area contributed by atoms with E-state index >= 15 is 0 Å². The lowest BCUT2D eigenvalue weighted by Gasteiger charge is -2.15. The Morgan fingerprint density at radius 2 is 2.27 bits per heavy atom. The Balaban J connectivity index is 3.10. The predicted molar refractivity (Wildman–Crippen MR) is 42.3 cm³/mol. The number of aryl methyl sites for hydroxylation is 1. The molecule has 0 N–H and O–H groups in total. The van der Waals surface area contributed by atoms with Crippen molar-refractivity contribution in [3.8, 4) is 0 Å². The summed E-state index contributed by atoms with van der Waals surface area (Å²) in [4.78, 5) is 14.7. The number of imidazole rings is 1. The Labute approximate surface area is 66.1 Å². The topological polar surface area (TPSA) is 34.9 Å². The molecule has 0 unspecified atom stereocenters. The zero-order chi connectivity index (χ0) is 8.48. The highest BCUT2D eigenvalue weighted by Crippen LogP contribution is 2.16. The molecule has 0 fully saturated rings. The van der Waals surface area contributed by atoms with Crippen molar-refractivity contribution in [3.63, 3.8) is 0 Å². The molecule has 0 radical (unpaired) electrons. The molecule has 3 nitrogen and oxygen atoms in total. The van der Waals surface area contributed by atoms with E-state index < -0.39 is 5.41 Å². The van der Waals surface area contributed by atoms with E-state index in [1.54, 1.807) is 6.20 Å². The van der Waals surface area contributed by atoms with Crippen molar-refractivity contribution < 1.29 is 4.79 Å². The minimum absolute atomic E-state index is 0.474. The lowest BCUT2D eigenvalue weighted by molar-refractivity contribution is -0.111. The van der Waals surface area contributed by atoms with Gasteiger partial charge < -0.3 is 9.36 Å². The van der Waals surface area contributed by atoms with Crippen LogP contribution in [0.5, 0.6) is 0 Å². The summed E-state index contributed by atoms with van der Waals surface area (Å²) >= 11 is 0. The summed E-state index contributed by atoms with van der Waals surface area (Å²) < 4.78 is 1.86. The fourth-order valence-electron chi connectivity index (χ4n) is 1.04. The van der Waals surface area contributed by atoms with Crippen LogP contribution in [-0.4, -0.2) is 15.8 Å². The van der Waals surface area contributed by atoms with Gasteiger partial charge in [-0.1, -0.05) is 0 Å². The Morgan fingerprint density at radius 3 is 2.64 bits per heavy atom. The van der Waals surface area contributed by atoms with Gasteiger partial charge in [-0.15, -0.1) is 0 Å². The maximum atomic E-state index is 10.6. The van der Waals surface area contributed by atoms with Gasteiger partial charge in [0.2, 0.25) is 0 Å². The second kappa shape index (κ2) is 2.49. The zero-order valence-electron chi connectivity index (χ0n) is 7.03. The van der Waals surface area contributed by atoms with Gasteiger partial charge in [-0.05, 0) is 13.8 Å². The van der Waals surface area contributed by atoms with E-state index in [4.69, 9.17) is 0 Å². The summed E-state index contributed by atoms with van der Waals surface area (Å²) in [6.45, 7) is 3.70. The van der Waals surface area contributed by atoms with Gasteiger partial charge in [0.15, 0.2) is 0 Å². The molecule has 0 aliphatic rings. The highest BCUT2D eigenvalue weighted by Gasteiger charge is 2.23. The van der Waals surface area contributed by atoms with Crippen LogP contribution in [0.15, 0.2) is 12.4 Å². The molecule has 60 valence electrons. The van der Waals surface area contributed by atoms with Crippen molar-refractivity contribution in [1.29, 1.82) is 0 Å². The summed E-state index contributed by atoms with van der Waals surface area (Å²) in [7, 11) is 1.88. The maximum absolute atomic E-state index is 10.6. The first-order chi connectivity index (χ1) is 5.08. The van der Waals surface area contributed by atoms with Gasteiger partial charge in [0.1, 0.15) is 12.1 Å². The molecule has 0 spiro atoms. The minimum atomic E-state index is -0.474. The average Bonchev–Trinajstić information content (AvgIpc) is 2.36. The number of carbonyl (C=O) groups excluding carboxylic acids is 1. The van der Waals surface area contributed by atoms with E-state index in [1.807, 2.05) is 31.7 Å². The van der Waals surface area contributed by atoms with Gasteiger partial charge in [0, 0.05) is 19.4 Å². The normalized spacial score (nSPS) is 11.5. The molecule has 1 aromatic heterocycles. The molecule has 11 heavy (non-hydrogen) atoms. The molecule has 1 aromatic rings. The molecule has 0 amide bonds. The number of rotatable bonds is 2. The second-order valence-electron chi connectivity index (χ2n) is 3.20. The molecule has 1 heterocycles. The third kappa shape index (κ3) is 1.31. The van der Waals surface area contributed by atoms with E-state index in [9.17, 15) is 4.79 Å². The van der Waals surface area contributed by atoms with Crippen molar-refractivity contribution in [2.45, 2.75) is 19.3 Å². The van der Waals surface area contributed by atoms with Gasteiger partial charge in [-0.3, -0.25) is 0 Å². The van der Waals surface area contributed by atoms with Gasteiger partial charge in [-0.2, -0.15) is 0 Å². The molecule has 0 aromatic carbocycles. The first kappa shape index (κ1) is 7.98. The quantitative estimate of drug-likeness (QED) is 0.590. The third-order valence-electron chi connectivity index (χ3n) is 1.69. The van der Waals surface area contributed by atoms with Crippen LogP contribution in [-0.2, 0) is 17.3 Å². The summed E-state index contributed by atoms with van der Waals surface area (Å²) in [6, 6.07) is 0. The number of aromatic nitrogens is 2. The molecule has 0 saturated heterocycles. The molecular formula is C8H12N2O. The number of carbonyl (C=O) groups is 1. The van der Waals surface area contributed by atoms with E-state index in [2.05, 4.69) is 4.98 Å². The highest BCUT2D eigenvalue weighted by atomic mass is 16.1. The number of hydrogen-bond acceptors (Lipinski definition) is 2. The second-order valence-corrected chi connectivity index (χ2v) is 3.20. The summed E-state index contributed by atoms with van der Waals surface area (Å²) in [6.07, 6.45) is 4.44. The largest absolute Gasteiger partial charge is 0.337 e. The summed E-state index contributed by atoms with van der Waals surface area (Å²) in [5.74, 6) is 0.799. The Morgan fingerprint density at radius 1 is 1.64 bits per heavy atom. The lowest BCUT2D eigenvalue weighted by Crippen LogP contribution is -2.23. The van der Waals surface area contributed by atoms with E-state index in [0.29, 0.717) is 0 Å². The molecule has 0 atom stereocenters. The highest BCUT2D eigenvalue weighted by molar-refractivity contribution is 5.64.